The molecule has 2 unspecified atom stereocenters. The summed E-state index contributed by atoms with van der Waals surface area (Å²) < 4.78 is 51.6. The molecule has 0 N–H and O–H groups in total. The van der Waals surface area contributed by atoms with E-state index in [1.807, 2.05) is 0 Å². The van der Waals surface area contributed by atoms with Gasteiger partial charge in [0, 0.05) is 24.1 Å². The normalized spacial score (nSPS) is 13.2. The van der Waals surface area contributed by atoms with Gasteiger partial charge in [0.05, 0.1) is 28.0 Å². The Hall–Kier alpha value is -4.37. The van der Waals surface area contributed by atoms with Gasteiger partial charge in [-0.1, -0.05) is 17.6 Å². The Morgan fingerprint density at radius 2 is 1.89 bits per heavy atom. The molecule has 0 radical (unpaired) electrons. The molecule has 0 aliphatic heterocycles. The Balaban J connectivity index is 1.90. The highest BCUT2D eigenvalue weighted by Crippen LogP contribution is 2.38. The molecule has 2 aromatic heterocycles. The van der Waals surface area contributed by atoms with E-state index in [1.54, 1.807) is 31.2 Å². The molecule has 2 aromatic carbocycles. The van der Waals surface area contributed by atoms with Crippen molar-refractivity contribution in [3.63, 3.8) is 0 Å². The van der Waals surface area contributed by atoms with Crippen LogP contribution in [-0.4, -0.2) is 25.6 Å². The van der Waals surface area contributed by atoms with E-state index in [2.05, 4.69) is 10.3 Å². The van der Waals surface area contributed by atoms with Crippen molar-refractivity contribution in [3.8, 4) is 35.0 Å². The van der Waals surface area contributed by atoms with E-state index in [0.717, 1.165) is 24.1 Å². The third-order valence-electron chi connectivity index (χ3n) is 5.92. The van der Waals surface area contributed by atoms with Crippen LogP contribution in [0.25, 0.3) is 27.0 Å². The average Bonchev–Trinajstić information content (AvgIpc) is 3.27. The maximum Gasteiger partial charge on any atom is 0.431 e. The number of halogens is 3. The zero-order valence-corrected chi connectivity index (χ0v) is 21.0. The summed E-state index contributed by atoms with van der Waals surface area (Å²) in [5, 5.41) is 12.1. The van der Waals surface area contributed by atoms with Gasteiger partial charge in [-0.15, -0.1) is 6.42 Å². The molecule has 0 saturated heterocycles. The zero-order chi connectivity index (χ0) is 27.9. The minimum atomic E-state index is -4.89. The summed E-state index contributed by atoms with van der Waals surface area (Å²) in [6.07, 6.45) is -0.949. The first kappa shape index (κ1) is 26.7. The Bertz CT molecular complexity index is 1730. The molecule has 0 amide bonds. The van der Waals surface area contributed by atoms with E-state index in [-0.39, 0.29) is 11.4 Å². The molecule has 0 saturated carbocycles. The molecule has 0 bridgehead atoms. The van der Waals surface area contributed by atoms with Crippen LogP contribution in [-0.2, 0) is 18.0 Å². The number of rotatable bonds is 6. The number of carboxylic acids is 1. The van der Waals surface area contributed by atoms with Crippen molar-refractivity contribution in [2.24, 2.45) is 13.0 Å². The van der Waals surface area contributed by atoms with Crippen molar-refractivity contribution >= 4 is 27.6 Å². The summed E-state index contributed by atoms with van der Waals surface area (Å²) in [6, 6.07) is 9.80. The number of hydrogen-bond donors (Lipinski definition) is 0. The quantitative estimate of drug-likeness (QED) is 0.347. The molecule has 38 heavy (non-hydrogen) atoms. The van der Waals surface area contributed by atoms with E-state index in [9.17, 15) is 32.7 Å². The van der Waals surface area contributed by atoms with Crippen LogP contribution in [0.3, 0.4) is 0 Å². The van der Waals surface area contributed by atoms with Gasteiger partial charge in [-0.2, -0.15) is 17.5 Å². The second kappa shape index (κ2) is 9.83. The third kappa shape index (κ3) is 4.80. The first-order valence-electron chi connectivity index (χ1n) is 11.1. The first-order chi connectivity index (χ1) is 17.8. The summed E-state index contributed by atoms with van der Waals surface area (Å²) in [6.45, 7) is 3.31. The van der Waals surface area contributed by atoms with E-state index in [0.29, 0.717) is 36.5 Å². The lowest BCUT2D eigenvalue weighted by Gasteiger charge is -2.24. The van der Waals surface area contributed by atoms with Crippen LogP contribution in [0, 0.1) is 25.2 Å². The van der Waals surface area contributed by atoms with E-state index >= 15 is 0 Å². The maximum absolute atomic E-state index is 13.3. The predicted octanol–water partition coefficient (Wildman–Crippen LogP) is 2.91. The van der Waals surface area contributed by atoms with Crippen LogP contribution < -0.4 is 21.1 Å². The van der Waals surface area contributed by atoms with Crippen LogP contribution in [0.4, 0.5) is 13.2 Å². The Morgan fingerprint density at radius 3 is 2.53 bits per heavy atom. The number of fused-ring (bicyclic) bond motifs is 1. The SMILES string of the molecule is C#CC(C)C(Oc1ccc(C)cc1-c1nsc2ccc(-n3c(=O)cc(C(F)(F)F)n(C)c3=O)cc12)C(=O)[O-]. The van der Waals surface area contributed by atoms with Gasteiger partial charge in [0.1, 0.15) is 11.4 Å². The molecule has 0 fully saturated rings. The van der Waals surface area contributed by atoms with Crippen molar-refractivity contribution in [1.29, 1.82) is 0 Å². The lowest BCUT2D eigenvalue weighted by Crippen LogP contribution is -2.43. The highest BCUT2D eigenvalue weighted by molar-refractivity contribution is 7.13. The molecule has 0 aliphatic carbocycles. The molecule has 4 rings (SSSR count). The summed E-state index contributed by atoms with van der Waals surface area (Å²) >= 11 is 1.09. The summed E-state index contributed by atoms with van der Waals surface area (Å²) in [5.74, 6) is 0.176. The molecule has 2 heterocycles. The van der Waals surface area contributed by atoms with Crippen LogP contribution in [0.15, 0.2) is 52.1 Å². The largest absolute Gasteiger partial charge is 0.546 e. The smallest absolute Gasteiger partial charge is 0.431 e. The molecule has 12 heteroatoms. The number of aliphatic carboxylic acids is 1. The van der Waals surface area contributed by atoms with Crippen molar-refractivity contribution < 1.29 is 27.8 Å². The van der Waals surface area contributed by atoms with Gasteiger partial charge in [-0.05, 0) is 55.7 Å². The van der Waals surface area contributed by atoms with Gasteiger partial charge >= 0.3 is 11.9 Å². The van der Waals surface area contributed by atoms with Crippen LogP contribution in [0.2, 0.25) is 0 Å². The third-order valence-corrected chi connectivity index (χ3v) is 6.74. The number of nitrogens with zero attached hydrogens (tertiary/aromatic N) is 3. The number of carbonyl (C=O) groups excluding carboxylic acids is 1. The summed E-state index contributed by atoms with van der Waals surface area (Å²) in [7, 11) is 0.929. The monoisotopic (exact) mass is 542 g/mol. The van der Waals surface area contributed by atoms with Crippen molar-refractivity contribution in [3.05, 3.63) is 74.6 Å². The average molecular weight is 543 g/mol. The van der Waals surface area contributed by atoms with E-state index < -0.39 is 41.1 Å². The molecule has 2 atom stereocenters. The summed E-state index contributed by atoms with van der Waals surface area (Å²) in [5.41, 5.74) is -2.09. The topological polar surface area (TPSA) is 106 Å². The number of carbonyl (C=O) groups is 1. The van der Waals surface area contributed by atoms with Crippen molar-refractivity contribution in [1.82, 2.24) is 13.5 Å². The Labute approximate surface area is 217 Å². The van der Waals surface area contributed by atoms with E-state index in [4.69, 9.17) is 11.2 Å². The molecule has 4 aromatic rings. The van der Waals surface area contributed by atoms with Gasteiger partial charge < -0.3 is 14.6 Å². The number of ether oxygens (including phenoxy) is 1. The van der Waals surface area contributed by atoms with Gasteiger partial charge in [0.15, 0.2) is 6.10 Å². The highest BCUT2D eigenvalue weighted by atomic mass is 32.1. The highest BCUT2D eigenvalue weighted by Gasteiger charge is 2.35. The predicted molar refractivity (Wildman–Crippen MR) is 133 cm³/mol. The number of alkyl halides is 3. The molecule has 0 spiro atoms. The second-order valence-electron chi connectivity index (χ2n) is 8.57. The maximum atomic E-state index is 13.3. The lowest BCUT2D eigenvalue weighted by molar-refractivity contribution is -0.314. The van der Waals surface area contributed by atoms with Gasteiger partial charge in [0.25, 0.3) is 5.56 Å². The number of aromatic nitrogens is 3. The van der Waals surface area contributed by atoms with Crippen LogP contribution in [0.5, 0.6) is 5.75 Å². The number of carboxylic acid groups (broad SMARTS) is 1. The minimum Gasteiger partial charge on any atom is -0.546 e. The Kier molecular flexibility index (Phi) is 6.90. The first-order valence-corrected chi connectivity index (χ1v) is 11.9. The molecular weight excluding hydrogens is 523 g/mol. The molecule has 8 nitrogen and oxygen atoms in total. The van der Waals surface area contributed by atoms with Crippen molar-refractivity contribution in [2.75, 3.05) is 0 Å². The summed E-state index contributed by atoms with van der Waals surface area (Å²) in [4.78, 5) is 37.1. The van der Waals surface area contributed by atoms with Crippen LogP contribution >= 0.6 is 11.5 Å². The number of hydrogen-bond acceptors (Lipinski definition) is 7. The second-order valence-corrected chi connectivity index (χ2v) is 9.37. The number of terminal acetylenes is 1. The van der Waals surface area contributed by atoms with E-state index in [1.165, 1.54) is 19.1 Å². The fourth-order valence-corrected chi connectivity index (χ4v) is 4.67. The van der Waals surface area contributed by atoms with Gasteiger partial charge in [-0.25, -0.2) is 9.36 Å². The fourth-order valence-electron chi connectivity index (χ4n) is 3.91. The number of benzene rings is 2. The molecule has 0 aliphatic rings. The van der Waals surface area contributed by atoms with Gasteiger partial charge in [-0.3, -0.25) is 9.36 Å². The van der Waals surface area contributed by atoms with Crippen molar-refractivity contribution in [2.45, 2.75) is 26.1 Å². The molecular formula is C26H19F3N3O5S-. The Morgan fingerprint density at radius 1 is 1.18 bits per heavy atom. The fraction of sp³-hybridized carbons (Fsp3) is 0.231. The lowest BCUT2D eigenvalue weighted by atomic mass is 10.0. The molecule has 196 valence electrons. The number of aryl methyl sites for hydroxylation is 1. The zero-order valence-electron chi connectivity index (χ0n) is 20.2. The van der Waals surface area contributed by atoms with Gasteiger partial charge in [0.2, 0.25) is 0 Å². The minimum absolute atomic E-state index is 0.0296. The van der Waals surface area contributed by atoms with Crippen LogP contribution in [0.1, 0.15) is 18.2 Å². The standard InChI is InChI=1S/C26H20F3N3O5S/c1-5-14(3)23(24(34)35)37-18-8-6-13(2)10-16(18)22-17-11-15(7-9-19(17)38-30-22)32-21(33)12-20(26(27,28)29)31(4)25(32)36/h1,6-12,14,23H,2-4H3,(H,34,35)/p-1.